The fraction of sp³-hybridized carbons (Fsp3) is 0.364. The second-order valence-electron chi connectivity index (χ2n) is 6.83. The number of hydrogen-bond donors (Lipinski definition) is 2. The fourth-order valence-corrected chi connectivity index (χ4v) is 2.58. The highest BCUT2D eigenvalue weighted by Gasteiger charge is 2.06. The van der Waals surface area contributed by atoms with Crippen molar-refractivity contribution in [2.75, 3.05) is 45.7 Å². The van der Waals surface area contributed by atoms with Gasteiger partial charge in [0.25, 0.3) is 0 Å². The van der Waals surface area contributed by atoms with Crippen LogP contribution in [0, 0.1) is 0 Å². The third-order valence-corrected chi connectivity index (χ3v) is 4.33. The lowest BCUT2D eigenvalue weighted by molar-refractivity contribution is -0.127. The number of likely N-dealkylation sites (N-methyl/N-ethyl adjacent to an activating group) is 1. The Morgan fingerprint density at radius 3 is 2.21 bits per heavy atom. The number of aliphatic imine (C=N–C) groups is 1. The third-order valence-electron chi connectivity index (χ3n) is 4.33. The van der Waals surface area contributed by atoms with Gasteiger partial charge in [-0.05, 0) is 24.1 Å². The molecule has 0 saturated carbocycles. The van der Waals surface area contributed by atoms with Crippen LogP contribution in [0.5, 0.6) is 0 Å². The Morgan fingerprint density at radius 2 is 1.57 bits per heavy atom. The monoisotopic (exact) mass is 381 g/mol. The molecule has 0 fully saturated rings. The van der Waals surface area contributed by atoms with E-state index in [1.807, 2.05) is 48.5 Å². The number of nitrogens with one attached hydrogen (secondary N) is 2. The predicted octanol–water partition coefficient (Wildman–Crippen LogP) is 2.34. The number of rotatable bonds is 9. The number of para-hydroxylation sites is 1. The molecule has 6 heteroatoms. The third kappa shape index (κ3) is 7.70. The van der Waals surface area contributed by atoms with Crippen LogP contribution in [0.4, 0.5) is 5.69 Å². The molecule has 0 aliphatic heterocycles. The molecule has 2 aromatic carbocycles. The normalized spacial score (nSPS) is 11.0. The van der Waals surface area contributed by atoms with Crippen molar-refractivity contribution in [2.24, 2.45) is 4.99 Å². The summed E-state index contributed by atoms with van der Waals surface area (Å²) in [7, 11) is 5.59. The van der Waals surface area contributed by atoms with Crippen LogP contribution in [0.15, 0.2) is 65.7 Å². The number of carbonyl (C=O) groups excluding carboxylic acids is 1. The standard InChI is InChI=1S/C22H31N5O/c1-26(2)21(28)18-25-22(24-17-19-11-6-4-7-12-19)23-15-10-16-27(3)20-13-8-5-9-14-20/h4-9,11-14H,10,15-18H2,1-3H3,(H2,23,24,25). The predicted molar refractivity (Wildman–Crippen MR) is 117 cm³/mol. The maximum atomic E-state index is 11.9. The SMILES string of the molecule is CN(C)C(=O)CNC(=NCc1ccccc1)NCCCN(C)c1ccccc1. The van der Waals surface area contributed by atoms with Crippen molar-refractivity contribution in [2.45, 2.75) is 13.0 Å². The topological polar surface area (TPSA) is 60.0 Å². The van der Waals surface area contributed by atoms with Crippen LogP contribution in [0.1, 0.15) is 12.0 Å². The molecule has 2 aromatic rings. The smallest absolute Gasteiger partial charge is 0.241 e. The zero-order valence-electron chi connectivity index (χ0n) is 17.1. The summed E-state index contributed by atoms with van der Waals surface area (Å²) in [4.78, 5) is 20.3. The second-order valence-corrected chi connectivity index (χ2v) is 6.83. The van der Waals surface area contributed by atoms with Crippen molar-refractivity contribution in [1.82, 2.24) is 15.5 Å². The molecule has 1 amide bonds. The van der Waals surface area contributed by atoms with E-state index in [-0.39, 0.29) is 12.5 Å². The molecule has 0 atom stereocenters. The van der Waals surface area contributed by atoms with Gasteiger partial charge in [0.1, 0.15) is 0 Å². The van der Waals surface area contributed by atoms with E-state index in [9.17, 15) is 4.79 Å². The van der Waals surface area contributed by atoms with Gasteiger partial charge in [0, 0.05) is 39.9 Å². The number of hydrogen-bond acceptors (Lipinski definition) is 3. The molecule has 0 heterocycles. The van der Waals surface area contributed by atoms with Crippen molar-refractivity contribution in [3.8, 4) is 0 Å². The molecule has 150 valence electrons. The molecule has 0 aromatic heterocycles. The summed E-state index contributed by atoms with van der Waals surface area (Å²) in [5.41, 5.74) is 2.33. The van der Waals surface area contributed by atoms with Crippen LogP contribution in [-0.2, 0) is 11.3 Å². The Bertz CT molecular complexity index is 731. The average Bonchev–Trinajstić information content (AvgIpc) is 2.73. The Kier molecular flexibility index (Phi) is 8.85. The van der Waals surface area contributed by atoms with Gasteiger partial charge in [0.15, 0.2) is 5.96 Å². The zero-order chi connectivity index (χ0) is 20.2. The van der Waals surface area contributed by atoms with Gasteiger partial charge in [-0.2, -0.15) is 0 Å². The van der Waals surface area contributed by atoms with E-state index >= 15 is 0 Å². The van der Waals surface area contributed by atoms with Crippen molar-refractivity contribution in [1.29, 1.82) is 0 Å². The fourth-order valence-electron chi connectivity index (χ4n) is 2.58. The number of nitrogens with zero attached hydrogens (tertiary/aromatic N) is 3. The molecule has 0 radical (unpaired) electrons. The van der Waals surface area contributed by atoms with Gasteiger partial charge < -0.3 is 20.4 Å². The number of anilines is 1. The highest BCUT2D eigenvalue weighted by molar-refractivity contribution is 5.86. The van der Waals surface area contributed by atoms with Crippen LogP contribution in [0.3, 0.4) is 0 Å². The summed E-state index contributed by atoms with van der Waals surface area (Å²) in [6, 6.07) is 20.4. The molecule has 0 spiro atoms. The first-order valence-corrected chi connectivity index (χ1v) is 9.58. The van der Waals surface area contributed by atoms with Crippen LogP contribution < -0.4 is 15.5 Å². The Morgan fingerprint density at radius 1 is 0.929 bits per heavy atom. The van der Waals surface area contributed by atoms with Gasteiger partial charge in [0.2, 0.25) is 5.91 Å². The minimum absolute atomic E-state index is 0.0121. The summed E-state index contributed by atoms with van der Waals surface area (Å²) >= 11 is 0. The zero-order valence-corrected chi connectivity index (χ0v) is 17.1. The summed E-state index contributed by atoms with van der Waals surface area (Å²) in [6.07, 6.45) is 0.957. The molecule has 2 N–H and O–H groups in total. The van der Waals surface area contributed by atoms with E-state index in [2.05, 4.69) is 39.7 Å². The van der Waals surface area contributed by atoms with E-state index in [1.54, 1.807) is 19.0 Å². The molecule has 28 heavy (non-hydrogen) atoms. The summed E-state index contributed by atoms with van der Waals surface area (Å²) in [5, 5.41) is 6.46. The van der Waals surface area contributed by atoms with Crippen molar-refractivity contribution < 1.29 is 4.79 Å². The molecule has 0 aliphatic carbocycles. The molecule has 6 nitrogen and oxygen atoms in total. The first kappa shape index (κ1) is 21.3. The molecule has 2 rings (SSSR count). The lowest BCUT2D eigenvalue weighted by atomic mass is 10.2. The van der Waals surface area contributed by atoms with E-state index in [4.69, 9.17) is 0 Å². The summed E-state index contributed by atoms with van der Waals surface area (Å²) in [5.74, 6) is 0.666. The molecular weight excluding hydrogens is 350 g/mol. The minimum atomic E-state index is 0.0121. The van der Waals surface area contributed by atoms with Crippen molar-refractivity contribution >= 4 is 17.6 Å². The van der Waals surface area contributed by atoms with Gasteiger partial charge >= 0.3 is 0 Å². The number of amides is 1. The minimum Gasteiger partial charge on any atom is -0.375 e. The number of carbonyl (C=O) groups is 1. The first-order chi connectivity index (χ1) is 13.6. The highest BCUT2D eigenvalue weighted by Crippen LogP contribution is 2.10. The molecule has 0 aliphatic rings. The van der Waals surface area contributed by atoms with E-state index < -0.39 is 0 Å². The van der Waals surface area contributed by atoms with Crippen LogP contribution >= 0.6 is 0 Å². The van der Waals surface area contributed by atoms with E-state index in [0.717, 1.165) is 25.1 Å². The number of guanidine groups is 1. The Labute approximate surface area is 168 Å². The summed E-state index contributed by atoms with van der Waals surface area (Å²) < 4.78 is 0. The quantitative estimate of drug-likeness (QED) is 0.398. The van der Waals surface area contributed by atoms with E-state index in [0.29, 0.717) is 12.5 Å². The highest BCUT2D eigenvalue weighted by atomic mass is 16.2. The van der Waals surface area contributed by atoms with Crippen LogP contribution in [0.25, 0.3) is 0 Å². The Balaban J connectivity index is 1.84. The number of benzene rings is 2. The summed E-state index contributed by atoms with van der Waals surface area (Å²) in [6.45, 7) is 2.49. The lowest BCUT2D eigenvalue weighted by Gasteiger charge is -2.20. The first-order valence-electron chi connectivity index (χ1n) is 9.58. The molecule has 0 unspecified atom stereocenters. The van der Waals surface area contributed by atoms with E-state index in [1.165, 1.54) is 5.69 Å². The molecule has 0 saturated heterocycles. The van der Waals surface area contributed by atoms with Gasteiger partial charge in [-0.15, -0.1) is 0 Å². The van der Waals surface area contributed by atoms with Crippen LogP contribution in [-0.4, -0.2) is 57.5 Å². The maximum absolute atomic E-state index is 11.9. The lowest BCUT2D eigenvalue weighted by Crippen LogP contribution is -2.43. The second kappa shape index (κ2) is 11.6. The van der Waals surface area contributed by atoms with Crippen LogP contribution in [0.2, 0.25) is 0 Å². The molecule has 0 bridgehead atoms. The largest absolute Gasteiger partial charge is 0.375 e. The molecular formula is C22H31N5O. The van der Waals surface area contributed by atoms with Gasteiger partial charge in [-0.1, -0.05) is 48.5 Å². The van der Waals surface area contributed by atoms with Gasteiger partial charge in [-0.25, -0.2) is 4.99 Å². The van der Waals surface area contributed by atoms with Gasteiger partial charge in [0.05, 0.1) is 13.1 Å². The van der Waals surface area contributed by atoms with Crippen molar-refractivity contribution in [3.05, 3.63) is 66.2 Å². The van der Waals surface area contributed by atoms with Gasteiger partial charge in [-0.3, -0.25) is 4.79 Å². The maximum Gasteiger partial charge on any atom is 0.241 e. The van der Waals surface area contributed by atoms with Crippen molar-refractivity contribution in [3.63, 3.8) is 0 Å². The Hall–Kier alpha value is -3.02. The average molecular weight is 382 g/mol.